The Bertz CT molecular complexity index is 443. The molecule has 0 heterocycles. The first-order valence-electron chi connectivity index (χ1n) is 6.85. The van der Waals surface area contributed by atoms with Crippen LogP contribution >= 0.6 is 0 Å². The molecule has 0 radical (unpaired) electrons. The summed E-state index contributed by atoms with van der Waals surface area (Å²) in [5.41, 5.74) is 2.07. The Morgan fingerprint density at radius 2 is 1.95 bits per heavy atom. The number of hydrogen-bond acceptors (Lipinski definition) is 2. The van der Waals surface area contributed by atoms with Crippen molar-refractivity contribution in [2.75, 3.05) is 5.32 Å². The topological polar surface area (TPSA) is 52.9 Å². The van der Waals surface area contributed by atoms with Gasteiger partial charge >= 0.3 is 0 Å². The summed E-state index contributed by atoms with van der Waals surface area (Å²) in [6, 6.07) is 10.1. The summed E-state index contributed by atoms with van der Waals surface area (Å²) >= 11 is 0. The van der Waals surface area contributed by atoms with Crippen LogP contribution in [0, 0.1) is 23.2 Å². The summed E-state index contributed by atoms with van der Waals surface area (Å²) < 4.78 is 0. The van der Waals surface area contributed by atoms with Gasteiger partial charge in [0.2, 0.25) is 5.91 Å². The van der Waals surface area contributed by atoms with Gasteiger partial charge in [-0.2, -0.15) is 5.26 Å². The van der Waals surface area contributed by atoms with Crippen LogP contribution in [0.15, 0.2) is 24.3 Å². The second-order valence-corrected chi connectivity index (χ2v) is 5.12. The molecule has 0 fully saturated rings. The smallest absolute Gasteiger partial charge is 0.224 e. The van der Waals surface area contributed by atoms with E-state index in [-0.39, 0.29) is 11.8 Å². The lowest BCUT2D eigenvalue weighted by molar-refractivity contribution is -0.116. The van der Waals surface area contributed by atoms with Gasteiger partial charge in [0, 0.05) is 18.0 Å². The van der Waals surface area contributed by atoms with E-state index in [1.165, 1.54) is 5.56 Å². The lowest BCUT2D eigenvalue weighted by Gasteiger charge is -2.12. The van der Waals surface area contributed by atoms with Gasteiger partial charge in [0.1, 0.15) is 0 Å². The molecule has 102 valence electrons. The van der Waals surface area contributed by atoms with Crippen LogP contribution in [0.4, 0.5) is 5.69 Å². The average molecular weight is 258 g/mol. The van der Waals surface area contributed by atoms with Gasteiger partial charge in [-0.15, -0.1) is 0 Å². The lowest BCUT2D eigenvalue weighted by atomic mass is 9.92. The van der Waals surface area contributed by atoms with Gasteiger partial charge in [0.05, 0.1) is 6.07 Å². The maximum Gasteiger partial charge on any atom is 0.224 e. The highest BCUT2D eigenvalue weighted by Crippen LogP contribution is 2.17. The zero-order valence-corrected chi connectivity index (χ0v) is 11.9. The Kier molecular flexibility index (Phi) is 6.08. The summed E-state index contributed by atoms with van der Waals surface area (Å²) in [6.45, 7) is 6.12. The maximum absolute atomic E-state index is 11.8. The van der Waals surface area contributed by atoms with Gasteiger partial charge in [-0.1, -0.05) is 32.9 Å². The maximum atomic E-state index is 11.8. The van der Waals surface area contributed by atoms with Crippen molar-refractivity contribution in [1.29, 1.82) is 5.26 Å². The van der Waals surface area contributed by atoms with Gasteiger partial charge in [0.15, 0.2) is 0 Å². The molecule has 0 saturated carbocycles. The quantitative estimate of drug-likeness (QED) is 0.844. The van der Waals surface area contributed by atoms with E-state index in [9.17, 15) is 4.79 Å². The fourth-order valence-electron chi connectivity index (χ4n) is 1.88. The molecule has 0 aliphatic carbocycles. The number of hydrogen-bond donors (Lipinski definition) is 1. The lowest BCUT2D eigenvalue weighted by Crippen LogP contribution is -2.15. The minimum absolute atomic E-state index is 0.0230. The Hall–Kier alpha value is -1.82. The van der Waals surface area contributed by atoms with Crippen LogP contribution in [0.1, 0.15) is 39.2 Å². The minimum Gasteiger partial charge on any atom is -0.326 e. The third-order valence-corrected chi connectivity index (χ3v) is 3.30. The molecule has 0 aliphatic rings. The molecule has 1 aromatic carbocycles. The number of aryl methyl sites for hydroxylation is 1. The number of carbonyl (C=O) groups is 1. The number of anilines is 1. The highest BCUT2D eigenvalue weighted by molar-refractivity contribution is 5.90. The van der Waals surface area contributed by atoms with Crippen molar-refractivity contribution in [2.45, 2.75) is 40.0 Å². The molecule has 0 aliphatic heterocycles. The molecule has 1 unspecified atom stereocenters. The molecule has 1 rings (SSSR count). The van der Waals surface area contributed by atoms with E-state index in [0.29, 0.717) is 18.8 Å². The van der Waals surface area contributed by atoms with Crippen LogP contribution in [0.5, 0.6) is 0 Å². The van der Waals surface area contributed by atoms with Crippen LogP contribution in [0.25, 0.3) is 0 Å². The Morgan fingerprint density at radius 1 is 1.32 bits per heavy atom. The van der Waals surface area contributed by atoms with Crippen LogP contribution in [0.2, 0.25) is 0 Å². The number of nitriles is 1. The van der Waals surface area contributed by atoms with Crippen LogP contribution in [-0.4, -0.2) is 5.91 Å². The van der Waals surface area contributed by atoms with E-state index < -0.39 is 0 Å². The Morgan fingerprint density at radius 3 is 2.42 bits per heavy atom. The van der Waals surface area contributed by atoms with Crippen LogP contribution in [0.3, 0.4) is 0 Å². The molecule has 3 heteroatoms. The number of rotatable bonds is 6. The first-order valence-corrected chi connectivity index (χ1v) is 6.85. The Balaban J connectivity index is 2.44. The zero-order valence-electron chi connectivity index (χ0n) is 11.9. The van der Waals surface area contributed by atoms with Gasteiger partial charge in [-0.3, -0.25) is 4.79 Å². The highest BCUT2D eigenvalue weighted by atomic mass is 16.1. The van der Waals surface area contributed by atoms with E-state index in [2.05, 4.69) is 18.3 Å². The predicted octanol–water partition coefficient (Wildman–Crippen LogP) is 3.76. The molecule has 1 atom stereocenters. The molecule has 0 saturated heterocycles. The third kappa shape index (κ3) is 5.13. The molecule has 0 spiro atoms. The molecule has 3 nitrogen and oxygen atoms in total. The van der Waals surface area contributed by atoms with E-state index in [0.717, 1.165) is 12.1 Å². The van der Waals surface area contributed by atoms with Crippen molar-refractivity contribution >= 4 is 11.6 Å². The molecular formula is C16H22N2O. The molecule has 1 amide bonds. The van der Waals surface area contributed by atoms with Crippen molar-refractivity contribution in [3.05, 3.63) is 29.8 Å². The van der Waals surface area contributed by atoms with E-state index in [1.807, 2.05) is 38.1 Å². The largest absolute Gasteiger partial charge is 0.326 e. The number of nitrogens with one attached hydrogen (secondary N) is 1. The molecule has 1 aromatic rings. The first kappa shape index (κ1) is 15.2. The SMILES string of the molecule is CCc1ccc(NC(=O)CCC(C#N)C(C)C)cc1. The van der Waals surface area contributed by atoms with Crippen molar-refractivity contribution < 1.29 is 4.79 Å². The van der Waals surface area contributed by atoms with Crippen molar-refractivity contribution in [2.24, 2.45) is 11.8 Å². The number of nitrogens with zero attached hydrogens (tertiary/aromatic N) is 1. The van der Waals surface area contributed by atoms with Gasteiger partial charge in [0.25, 0.3) is 0 Å². The standard InChI is InChI=1S/C16H22N2O/c1-4-13-5-8-15(9-6-13)18-16(19)10-7-14(11-17)12(2)3/h5-6,8-9,12,14H,4,7,10H2,1-3H3,(H,18,19). The third-order valence-electron chi connectivity index (χ3n) is 3.30. The first-order chi connectivity index (χ1) is 9.06. The highest BCUT2D eigenvalue weighted by Gasteiger charge is 2.14. The molecular weight excluding hydrogens is 236 g/mol. The number of carbonyl (C=O) groups excluding carboxylic acids is 1. The van der Waals surface area contributed by atoms with E-state index in [4.69, 9.17) is 5.26 Å². The summed E-state index contributed by atoms with van der Waals surface area (Å²) in [5.74, 6) is 0.222. The summed E-state index contributed by atoms with van der Waals surface area (Å²) in [5, 5.41) is 11.8. The normalized spacial score (nSPS) is 11.9. The molecule has 19 heavy (non-hydrogen) atoms. The van der Waals surface area contributed by atoms with Gasteiger partial charge < -0.3 is 5.32 Å². The molecule has 1 N–H and O–H groups in total. The number of amides is 1. The van der Waals surface area contributed by atoms with E-state index in [1.54, 1.807) is 0 Å². The Labute approximate surface area is 115 Å². The summed E-state index contributed by atoms with van der Waals surface area (Å²) in [4.78, 5) is 11.8. The number of benzene rings is 1. The average Bonchev–Trinajstić information content (AvgIpc) is 2.40. The fraction of sp³-hybridized carbons (Fsp3) is 0.500. The molecule has 0 bridgehead atoms. The molecule has 0 aromatic heterocycles. The van der Waals surface area contributed by atoms with Crippen LogP contribution < -0.4 is 5.32 Å². The summed E-state index contributed by atoms with van der Waals surface area (Å²) in [6.07, 6.45) is 2.01. The fourth-order valence-corrected chi connectivity index (χ4v) is 1.88. The predicted molar refractivity (Wildman–Crippen MR) is 77.6 cm³/mol. The van der Waals surface area contributed by atoms with Crippen molar-refractivity contribution in [1.82, 2.24) is 0 Å². The monoisotopic (exact) mass is 258 g/mol. The summed E-state index contributed by atoms with van der Waals surface area (Å²) in [7, 11) is 0. The second-order valence-electron chi connectivity index (χ2n) is 5.12. The van der Waals surface area contributed by atoms with Crippen molar-refractivity contribution in [3.8, 4) is 6.07 Å². The minimum atomic E-state index is -0.0479. The zero-order chi connectivity index (χ0) is 14.3. The van der Waals surface area contributed by atoms with Crippen molar-refractivity contribution in [3.63, 3.8) is 0 Å². The van der Waals surface area contributed by atoms with Crippen LogP contribution in [-0.2, 0) is 11.2 Å². The second kappa shape index (κ2) is 7.58. The van der Waals surface area contributed by atoms with Gasteiger partial charge in [-0.25, -0.2) is 0 Å². The van der Waals surface area contributed by atoms with Gasteiger partial charge in [-0.05, 0) is 36.5 Å². The van der Waals surface area contributed by atoms with E-state index >= 15 is 0 Å².